The van der Waals surface area contributed by atoms with Crippen molar-refractivity contribution in [3.8, 4) is 5.75 Å². The highest BCUT2D eigenvalue weighted by atomic mass is 32.2. The Morgan fingerprint density at radius 2 is 1.47 bits per heavy atom. The van der Waals surface area contributed by atoms with Crippen LogP contribution < -0.4 is 10.1 Å². The maximum absolute atomic E-state index is 13.3. The van der Waals surface area contributed by atoms with Gasteiger partial charge in [0, 0.05) is 5.57 Å². The number of rotatable bonds is 3. The number of thioether (sulfide) groups is 1. The number of carbonyl (C=O) groups is 1. The first-order valence-electron chi connectivity index (χ1n) is 8.12. The van der Waals surface area contributed by atoms with Gasteiger partial charge in [0.05, 0.1) is 23.1 Å². The van der Waals surface area contributed by atoms with Gasteiger partial charge in [0.1, 0.15) is 10.1 Å². The summed E-state index contributed by atoms with van der Waals surface area (Å²) in [6, 6.07) is 7.02. The lowest BCUT2D eigenvalue weighted by Crippen LogP contribution is -2.18. The second-order valence-electron chi connectivity index (χ2n) is 6.07. The molecule has 0 bridgehead atoms. The Bertz CT molecular complexity index is 1010. The molecule has 2 aromatic rings. The molecule has 0 atom stereocenters. The molecule has 1 amide bonds. The summed E-state index contributed by atoms with van der Waals surface area (Å²) in [7, 11) is 1.40. The van der Waals surface area contributed by atoms with Crippen molar-refractivity contribution in [3.05, 3.63) is 69.6 Å². The molecule has 1 aliphatic rings. The van der Waals surface area contributed by atoms with E-state index in [9.17, 15) is 31.1 Å². The van der Waals surface area contributed by atoms with Gasteiger partial charge in [-0.1, -0.05) is 36.1 Å². The number of methoxy groups -OCH3 is 1. The largest absolute Gasteiger partial charge is 0.497 e. The van der Waals surface area contributed by atoms with Crippen LogP contribution >= 0.6 is 24.0 Å². The van der Waals surface area contributed by atoms with E-state index in [1.165, 1.54) is 31.4 Å². The molecule has 0 spiro atoms. The Labute approximate surface area is 176 Å². The molecule has 3 rings (SSSR count). The molecule has 2 aromatic carbocycles. The van der Waals surface area contributed by atoms with E-state index in [1.807, 2.05) is 0 Å². The average molecular weight is 463 g/mol. The monoisotopic (exact) mass is 463 g/mol. The van der Waals surface area contributed by atoms with Crippen molar-refractivity contribution in [1.29, 1.82) is 0 Å². The molecule has 1 N–H and O–H groups in total. The zero-order valence-corrected chi connectivity index (χ0v) is 16.6. The van der Waals surface area contributed by atoms with Crippen LogP contribution in [0.5, 0.6) is 5.75 Å². The summed E-state index contributed by atoms with van der Waals surface area (Å²) in [6.07, 6.45) is -10.0. The number of hydrogen-bond acceptors (Lipinski definition) is 4. The van der Waals surface area contributed by atoms with E-state index in [0.717, 1.165) is 11.8 Å². The van der Waals surface area contributed by atoms with Crippen LogP contribution in [0, 0.1) is 0 Å². The molecule has 1 fully saturated rings. The fraction of sp³-hybridized carbons (Fsp3) is 0.158. The van der Waals surface area contributed by atoms with Crippen molar-refractivity contribution in [2.45, 2.75) is 12.4 Å². The van der Waals surface area contributed by atoms with Crippen LogP contribution in [0.15, 0.2) is 47.4 Å². The summed E-state index contributed by atoms with van der Waals surface area (Å²) in [5.41, 5.74) is -3.25. The van der Waals surface area contributed by atoms with Gasteiger partial charge in [0.15, 0.2) is 0 Å². The fourth-order valence-electron chi connectivity index (χ4n) is 2.76. The first-order valence-corrected chi connectivity index (χ1v) is 9.34. The zero-order valence-electron chi connectivity index (χ0n) is 14.9. The van der Waals surface area contributed by atoms with Crippen LogP contribution in [-0.2, 0) is 17.1 Å². The number of ether oxygens (including phenoxy) is 1. The number of hydrogen-bond donors (Lipinski definition) is 1. The van der Waals surface area contributed by atoms with Gasteiger partial charge in [0.25, 0.3) is 5.91 Å². The molecule has 1 heterocycles. The van der Waals surface area contributed by atoms with Crippen molar-refractivity contribution < 1.29 is 35.9 Å². The second kappa shape index (κ2) is 7.95. The lowest BCUT2D eigenvalue weighted by atomic mass is 9.93. The van der Waals surface area contributed by atoms with E-state index in [0.29, 0.717) is 17.9 Å². The van der Waals surface area contributed by atoms with Crippen molar-refractivity contribution in [2.75, 3.05) is 7.11 Å². The summed E-state index contributed by atoms with van der Waals surface area (Å²) in [6.45, 7) is 0. The van der Waals surface area contributed by atoms with Crippen LogP contribution in [0.1, 0.15) is 22.3 Å². The van der Waals surface area contributed by atoms with Gasteiger partial charge < -0.3 is 10.1 Å². The van der Waals surface area contributed by atoms with Crippen molar-refractivity contribution in [3.63, 3.8) is 0 Å². The van der Waals surface area contributed by atoms with Crippen molar-refractivity contribution >= 4 is 39.8 Å². The Kier molecular flexibility index (Phi) is 5.87. The molecule has 11 heteroatoms. The lowest BCUT2D eigenvalue weighted by molar-refractivity contribution is -0.143. The molecular weight excluding hydrogens is 452 g/mol. The molecule has 30 heavy (non-hydrogen) atoms. The third-order valence-corrected chi connectivity index (χ3v) is 5.33. The van der Waals surface area contributed by atoms with Crippen LogP contribution in [0.3, 0.4) is 0 Å². The predicted molar refractivity (Wildman–Crippen MR) is 104 cm³/mol. The molecule has 0 aromatic heterocycles. The van der Waals surface area contributed by atoms with Crippen LogP contribution in [-0.4, -0.2) is 17.3 Å². The van der Waals surface area contributed by atoms with Gasteiger partial charge in [-0.05, 0) is 41.5 Å². The lowest BCUT2D eigenvalue weighted by Gasteiger charge is -2.17. The van der Waals surface area contributed by atoms with Gasteiger partial charge in [-0.3, -0.25) is 4.79 Å². The van der Waals surface area contributed by atoms with Crippen LogP contribution in [0.4, 0.5) is 26.3 Å². The number of amides is 1. The molecule has 0 unspecified atom stereocenters. The van der Waals surface area contributed by atoms with Crippen LogP contribution in [0.25, 0.3) is 5.57 Å². The Morgan fingerprint density at radius 1 is 0.933 bits per heavy atom. The minimum Gasteiger partial charge on any atom is -0.497 e. The van der Waals surface area contributed by atoms with E-state index < -0.39 is 35.0 Å². The SMILES string of the molecule is COc1ccc(C(=C2SC(=S)NC2=O)c2cc(C(F)(F)F)cc(C(F)(F)F)c2)cc1. The highest BCUT2D eigenvalue weighted by Crippen LogP contribution is 2.42. The summed E-state index contributed by atoms with van der Waals surface area (Å²) in [4.78, 5) is 12.2. The second-order valence-corrected chi connectivity index (χ2v) is 7.76. The van der Waals surface area contributed by atoms with Crippen molar-refractivity contribution in [1.82, 2.24) is 5.32 Å². The number of carbonyl (C=O) groups excluding carboxylic acids is 1. The third-order valence-electron chi connectivity index (χ3n) is 4.10. The summed E-state index contributed by atoms with van der Waals surface area (Å²) >= 11 is 5.68. The number of halogens is 6. The Balaban J connectivity index is 2.33. The van der Waals surface area contributed by atoms with E-state index >= 15 is 0 Å². The minimum atomic E-state index is -5.02. The molecule has 1 saturated heterocycles. The van der Waals surface area contributed by atoms with Gasteiger partial charge >= 0.3 is 12.4 Å². The summed E-state index contributed by atoms with van der Waals surface area (Å²) in [5.74, 6) is -0.288. The van der Waals surface area contributed by atoms with E-state index in [2.05, 4.69) is 5.32 Å². The third kappa shape index (κ3) is 4.62. The molecule has 0 aliphatic carbocycles. The van der Waals surface area contributed by atoms with E-state index in [4.69, 9.17) is 17.0 Å². The van der Waals surface area contributed by atoms with Gasteiger partial charge in [-0.2, -0.15) is 26.3 Å². The van der Waals surface area contributed by atoms with E-state index in [-0.39, 0.29) is 26.4 Å². The first kappa shape index (κ1) is 22.2. The highest BCUT2D eigenvalue weighted by Gasteiger charge is 2.38. The van der Waals surface area contributed by atoms with Gasteiger partial charge in [-0.25, -0.2) is 0 Å². The Hall–Kier alpha value is -2.53. The minimum absolute atomic E-state index is 0.0340. The van der Waals surface area contributed by atoms with Gasteiger partial charge in [-0.15, -0.1) is 0 Å². The van der Waals surface area contributed by atoms with Crippen molar-refractivity contribution in [2.24, 2.45) is 0 Å². The standard InChI is InChI=1S/C19H11F6NO2S2/c1-28-13-4-2-9(3-5-13)14(15-16(27)26-17(29)30-15)10-6-11(18(20,21)22)8-12(7-10)19(23,24)25/h2-8H,1H3,(H,26,27,29). The maximum Gasteiger partial charge on any atom is 0.416 e. The number of alkyl halides is 6. The molecule has 1 aliphatic heterocycles. The normalized spacial score (nSPS) is 16.5. The van der Waals surface area contributed by atoms with E-state index in [1.54, 1.807) is 0 Å². The smallest absolute Gasteiger partial charge is 0.416 e. The summed E-state index contributed by atoms with van der Waals surface area (Å²) in [5, 5.41) is 2.33. The maximum atomic E-state index is 13.3. The molecular formula is C19H11F6NO2S2. The number of nitrogens with one attached hydrogen (secondary N) is 1. The molecule has 0 radical (unpaired) electrons. The zero-order chi connectivity index (χ0) is 22.3. The predicted octanol–water partition coefficient (Wildman–Crippen LogP) is 5.64. The van der Waals surface area contributed by atoms with Crippen LogP contribution in [0.2, 0.25) is 0 Å². The Morgan fingerprint density at radius 3 is 1.87 bits per heavy atom. The topological polar surface area (TPSA) is 38.3 Å². The number of benzene rings is 2. The number of thiocarbonyl (C=S) groups is 1. The highest BCUT2D eigenvalue weighted by molar-refractivity contribution is 8.26. The molecule has 0 saturated carbocycles. The van der Waals surface area contributed by atoms with Gasteiger partial charge in [0.2, 0.25) is 0 Å². The summed E-state index contributed by atoms with van der Waals surface area (Å²) < 4.78 is 84.9. The fourth-order valence-corrected chi connectivity index (χ4v) is 3.92. The molecule has 3 nitrogen and oxygen atoms in total. The average Bonchev–Trinajstić information content (AvgIpc) is 2.99. The quantitative estimate of drug-likeness (QED) is 0.363. The first-order chi connectivity index (χ1) is 13.9. The molecule has 158 valence electrons.